The van der Waals surface area contributed by atoms with Crippen LogP contribution in [0.3, 0.4) is 0 Å². The van der Waals surface area contributed by atoms with Gasteiger partial charge in [-0.15, -0.1) is 0 Å². The summed E-state index contributed by atoms with van der Waals surface area (Å²) in [6.45, 7) is 10.8. The maximum Gasteiger partial charge on any atom is 0.410 e. The average molecular weight is 457 g/mol. The third-order valence-corrected chi connectivity index (χ3v) is 6.64. The number of amides is 1. The summed E-state index contributed by atoms with van der Waals surface area (Å²) in [7, 11) is 0. The molecule has 3 aliphatic heterocycles. The van der Waals surface area contributed by atoms with E-state index in [1.807, 2.05) is 33.8 Å². The van der Waals surface area contributed by atoms with Crippen LogP contribution in [0.15, 0.2) is 10.9 Å². The molecule has 0 bridgehead atoms. The van der Waals surface area contributed by atoms with Crippen LogP contribution in [0.5, 0.6) is 0 Å². The third kappa shape index (κ3) is 4.01. The summed E-state index contributed by atoms with van der Waals surface area (Å²) < 4.78 is 12.4. The first-order chi connectivity index (χ1) is 15.7. The van der Waals surface area contributed by atoms with Crippen molar-refractivity contribution in [3.05, 3.63) is 27.9 Å². The molecule has 178 valence electrons. The van der Waals surface area contributed by atoms with Crippen LogP contribution in [-0.4, -0.2) is 75.1 Å². The number of nitrogens with zero attached hydrogens (tertiary/aromatic N) is 5. The summed E-state index contributed by atoms with van der Waals surface area (Å²) in [6.07, 6.45) is 3.98. The predicted molar refractivity (Wildman–Crippen MR) is 123 cm³/mol. The molecule has 1 amide bonds. The van der Waals surface area contributed by atoms with Crippen molar-refractivity contribution in [2.45, 2.75) is 58.6 Å². The minimum atomic E-state index is -0.533. The van der Waals surface area contributed by atoms with E-state index in [-0.39, 0.29) is 17.7 Å². The second-order valence-electron chi connectivity index (χ2n) is 10.0. The largest absolute Gasteiger partial charge is 0.444 e. The van der Waals surface area contributed by atoms with Gasteiger partial charge in [0, 0.05) is 25.6 Å². The van der Waals surface area contributed by atoms with Crippen LogP contribution >= 0.6 is 0 Å². The smallest absolute Gasteiger partial charge is 0.410 e. The van der Waals surface area contributed by atoms with Crippen LogP contribution in [0, 0.1) is 5.92 Å². The molecular formula is C23H32N6O4. The molecule has 2 aromatic heterocycles. The molecule has 0 saturated carbocycles. The number of aromatic amines is 1. The fraction of sp³-hybridized carbons (Fsp3) is 0.652. The Balaban J connectivity index is 1.44. The van der Waals surface area contributed by atoms with Crippen molar-refractivity contribution in [3.8, 4) is 0 Å². The summed E-state index contributed by atoms with van der Waals surface area (Å²) in [4.78, 5) is 39.4. The number of ether oxygens (including phenoxy) is 2. The summed E-state index contributed by atoms with van der Waals surface area (Å²) in [6, 6.07) is 0.0877. The molecule has 10 nitrogen and oxygen atoms in total. The van der Waals surface area contributed by atoms with Crippen molar-refractivity contribution in [1.29, 1.82) is 0 Å². The Labute approximate surface area is 192 Å². The Kier molecular flexibility index (Phi) is 5.43. The molecule has 0 radical (unpaired) electrons. The van der Waals surface area contributed by atoms with Gasteiger partial charge in [0.15, 0.2) is 5.82 Å². The quantitative estimate of drug-likeness (QED) is 0.755. The number of aryl methyl sites for hydroxylation is 1. The maximum absolute atomic E-state index is 13.6. The molecule has 5 heterocycles. The second-order valence-corrected chi connectivity index (χ2v) is 10.0. The lowest BCUT2D eigenvalue weighted by atomic mass is 9.82. The molecule has 5 rings (SSSR count). The van der Waals surface area contributed by atoms with Gasteiger partial charge in [0.05, 0.1) is 24.9 Å². The van der Waals surface area contributed by atoms with Gasteiger partial charge < -0.3 is 19.3 Å². The number of carbonyl (C=O) groups is 1. The zero-order valence-electron chi connectivity index (χ0n) is 19.8. The minimum Gasteiger partial charge on any atom is -0.444 e. The lowest BCUT2D eigenvalue weighted by Crippen LogP contribution is -2.66. The lowest BCUT2D eigenvalue weighted by Gasteiger charge is -2.54. The Hall–Kier alpha value is -2.88. The molecule has 2 unspecified atom stereocenters. The fourth-order valence-corrected chi connectivity index (χ4v) is 4.92. The molecule has 2 fully saturated rings. The van der Waals surface area contributed by atoms with E-state index in [1.165, 1.54) is 4.52 Å². The molecule has 0 aromatic carbocycles. The number of hydrogen-bond acceptors (Lipinski definition) is 7. The zero-order chi connectivity index (χ0) is 23.3. The van der Waals surface area contributed by atoms with E-state index in [2.05, 4.69) is 15.0 Å². The van der Waals surface area contributed by atoms with Gasteiger partial charge in [-0.05, 0) is 45.6 Å². The zero-order valence-corrected chi connectivity index (χ0v) is 19.8. The molecule has 1 N–H and O–H groups in total. The van der Waals surface area contributed by atoms with E-state index in [9.17, 15) is 9.59 Å². The van der Waals surface area contributed by atoms with Gasteiger partial charge in [0.2, 0.25) is 0 Å². The minimum absolute atomic E-state index is 0.0877. The van der Waals surface area contributed by atoms with Gasteiger partial charge >= 0.3 is 6.09 Å². The number of piperidine rings is 1. The second kappa shape index (κ2) is 8.16. The highest BCUT2D eigenvalue weighted by Gasteiger charge is 2.46. The lowest BCUT2D eigenvalue weighted by molar-refractivity contribution is 0.0106. The Morgan fingerprint density at radius 2 is 2.12 bits per heavy atom. The SMILES string of the molecule is CCc1nc2nc(C3=CCOCC3)[nH]n2c(=O)c1N1CC2CCN(C(=O)OC(C)(C)C)CC21. The van der Waals surface area contributed by atoms with E-state index in [0.29, 0.717) is 55.9 Å². The molecule has 33 heavy (non-hydrogen) atoms. The number of aromatic nitrogens is 4. The fourth-order valence-electron chi connectivity index (χ4n) is 4.92. The van der Waals surface area contributed by atoms with Gasteiger partial charge in [-0.2, -0.15) is 9.50 Å². The van der Waals surface area contributed by atoms with Crippen molar-refractivity contribution in [3.63, 3.8) is 0 Å². The first-order valence-corrected chi connectivity index (χ1v) is 11.8. The van der Waals surface area contributed by atoms with Crippen molar-refractivity contribution < 1.29 is 14.3 Å². The van der Waals surface area contributed by atoms with Crippen LogP contribution in [-0.2, 0) is 15.9 Å². The number of likely N-dealkylation sites (tertiary alicyclic amines) is 1. The van der Waals surface area contributed by atoms with Gasteiger partial charge in [-0.25, -0.2) is 9.78 Å². The van der Waals surface area contributed by atoms with Gasteiger partial charge in [-0.3, -0.25) is 9.89 Å². The van der Waals surface area contributed by atoms with E-state index in [1.54, 1.807) is 4.90 Å². The molecule has 0 spiro atoms. The molecule has 3 aliphatic rings. The highest BCUT2D eigenvalue weighted by Crippen LogP contribution is 2.37. The van der Waals surface area contributed by atoms with Crippen molar-refractivity contribution in [2.24, 2.45) is 5.92 Å². The number of anilines is 1. The Morgan fingerprint density at radius 1 is 1.30 bits per heavy atom. The molecular weight excluding hydrogens is 424 g/mol. The third-order valence-electron chi connectivity index (χ3n) is 6.64. The van der Waals surface area contributed by atoms with E-state index in [0.717, 1.165) is 30.7 Å². The Morgan fingerprint density at radius 3 is 2.82 bits per heavy atom. The van der Waals surface area contributed by atoms with Crippen LogP contribution in [0.2, 0.25) is 0 Å². The highest BCUT2D eigenvalue weighted by atomic mass is 16.6. The average Bonchev–Trinajstić information content (AvgIpc) is 3.20. The molecule has 2 saturated heterocycles. The van der Waals surface area contributed by atoms with Crippen LogP contribution in [0.1, 0.15) is 52.1 Å². The number of carbonyl (C=O) groups excluding carboxylic acids is 1. The van der Waals surface area contributed by atoms with Crippen molar-refractivity contribution >= 4 is 23.1 Å². The van der Waals surface area contributed by atoms with Crippen molar-refractivity contribution in [1.82, 2.24) is 24.5 Å². The van der Waals surface area contributed by atoms with Crippen LogP contribution in [0.4, 0.5) is 10.5 Å². The van der Waals surface area contributed by atoms with Gasteiger partial charge in [0.1, 0.15) is 11.3 Å². The summed E-state index contributed by atoms with van der Waals surface area (Å²) in [5.41, 5.74) is 1.71. The first kappa shape index (κ1) is 21.9. The van der Waals surface area contributed by atoms with Gasteiger partial charge in [-0.1, -0.05) is 13.0 Å². The Bertz CT molecular complexity index is 1160. The molecule has 2 aromatic rings. The first-order valence-electron chi connectivity index (χ1n) is 11.8. The molecule has 0 aliphatic carbocycles. The number of rotatable bonds is 3. The van der Waals surface area contributed by atoms with E-state index < -0.39 is 5.60 Å². The summed E-state index contributed by atoms with van der Waals surface area (Å²) in [5.74, 6) is 1.51. The van der Waals surface area contributed by atoms with E-state index in [4.69, 9.17) is 14.5 Å². The number of fused-ring (bicyclic) bond motifs is 2. The summed E-state index contributed by atoms with van der Waals surface area (Å²) >= 11 is 0. The monoisotopic (exact) mass is 456 g/mol. The number of nitrogens with one attached hydrogen (secondary N) is 1. The maximum atomic E-state index is 13.6. The molecule has 2 atom stereocenters. The summed E-state index contributed by atoms with van der Waals surface area (Å²) in [5, 5.41) is 3.15. The van der Waals surface area contributed by atoms with Crippen LogP contribution < -0.4 is 10.5 Å². The van der Waals surface area contributed by atoms with Crippen molar-refractivity contribution in [2.75, 3.05) is 37.7 Å². The highest BCUT2D eigenvalue weighted by molar-refractivity contribution is 5.69. The normalized spacial score (nSPS) is 23.2. The number of H-pyrrole nitrogens is 1. The topological polar surface area (TPSA) is 105 Å². The molecule has 10 heteroatoms. The number of hydrogen-bond donors (Lipinski definition) is 1. The van der Waals surface area contributed by atoms with E-state index >= 15 is 0 Å². The van der Waals surface area contributed by atoms with Gasteiger partial charge in [0.25, 0.3) is 11.3 Å². The van der Waals surface area contributed by atoms with Crippen LogP contribution in [0.25, 0.3) is 11.4 Å². The standard InChI is InChI=1S/C23H32N6O4/c1-5-16-18(20(30)29-21(24-16)25-19(26-29)14-7-10-32-11-8-14)28-12-15-6-9-27(13-17(15)28)22(31)33-23(2,3)4/h7,15,17H,5-6,8-13H2,1-4H3,(H,24,25,26). The predicted octanol–water partition coefficient (Wildman–Crippen LogP) is 2.23.